The molecule has 2 bridgehead atoms. The third-order valence-electron chi connectivity index (χ3n) is 6.90. The first-order valence-electron chi connectivity index (χ1n) is 12.1. The number of rotatable bonds is 8. The van der Waals surface area contributed by atoms with Crippen molar-refractivity contribution in [3.63, 3.8) is 0 Å². The van der Waals surface area contributed by atoms with Crippen molar-refractivity contribution >= 4 is 29.1 Å². The SMILES string of the molecule is N#Cc1ccc(OCCN2C3CCC2CN(CC(=O)Nc2ccc(N4C(=O)C=CC4=O)cc2)C3)cc1. The molecule has 3 aliphatic rings. The molecule has 2 aromatic carbocycles. The summed E-state index contributed by atoms with van der Waals surface area (Å²) in [5.74, 6) is -0.0625. The largest absolute Gasteiger partial charge is 0.492 e. The Morgan fingerprint density at radius 3 is 2.22 bits per heavy atom. The Balaban J connectivity index is 1.08. The van der Waals surface area contributed by atoms with Gasteiger partial charge in [0, 0.05) is 49.6 Å². The van der Waals surface area contributed by atoms with Gasteiger partial charge in [-0.25, -0.2) is 4.90 Å². The molecular weight excluding hydrogens is 458 g/mol. The summed E-state index contributed by atoms with van der Waals surface area (Å²) in [6.07, 6.45) is 4.72. The maximum absolute atomic E-state index is 12.7. The van der Waals surface area contributed by atoms with Gasteiger partial charge in [-0.15, -0.1) is 0 Å². The van der Waals surface area contributed by atoms with E-state index in [1.54, 1.807) is 36.4 Å². The molecule has 2 aromatic rings. The second-order valence-electron chi connectivity index (χ2n) is 9.24. The lowest BCUT2D eigenvalue weighted by Gasteiger charge is -2.40. The summed E-state index contributed by atoms with van der Waals surface area (Å²) in [4.78, 5) is 42.1. The zero-order valence-electron chi connectivity index (χ0n) is 19.8. The minimum atomic E-state index is -0.369. The molecule has 0 aliphatic carbocycles. The number of nitriles is 1. The fraction of sp³-hybridized carbons (Fsp3) is 0.333. The minimum Gasteiger partial charge on any atom is -0.492 e. The van der Waals surface area contributed by atoms with Gasteiger partial charge in [0.15, 0.2) is 0 Å². The van der Waals surface area contributed by atoms with Gasteiger partial charge in [0.25, 0.3) is 11.8 Å². The molecule has 2 fully saturated rings. The van der Waals surface area contributed by atoms with Gasteiger partial charge in [-0.2, -0.15) is 5.26 Å². The Kier molecular flexibility index (Phi) is 6.80. The summed E-state index contributed by atoms with van der Waals surface area (Å²) >= 11 is 0. The van der Waals surface area contributed by atoms with Crippen molar-refractivity contribution in [3.05, 3.63) is 66.2 Å². The topological polar surface area (TPSA) is 106 Å². The number of imide groups is 1. The van der Waals surface area contributed by atoms with Crippen molar-refractivity contribution in [1.82, 2.24) is 9.80 Å². The molecule has 3 aliphatic heterocycles. The highest BCUT2D eigenvalue weighted by atomic mass is 16.5. The van der Waals surface area contributed by atoms with Gasteiger partial charge in [0.2, 0.25) is 5.91 Å². The van der Waals surface area contributed by atoms with Crippen LogP contribution in [0.15, 0.2) is 60.7 Å². The van der Waals surface area contributed by atoms with E-state index in [1.807, 2.05) is 12.1 Å². The van der Waals surface area contributed by atoms with Gasteiger partial charge in [-0.1, -0.05) is 0 Å². The molecule has 0 aromatic heterocycles. The first-order chi connectivity index (χ1) is 17.5. The van der Waals surface area contributed by atoms with Crippen molar-refractivity contribution < 1.29 is 19.1 Å². The molecule has 2 saturated heterocycles. The Morgan fingerprint density at radius 2 is 1.61 bits per heavy atom. The van der Waals surface area contributed by atoms with Crippen LogP contribution in [0.2, 0.25) is 0 Å². The third kappa shape index (κ3) is 5.15. The van der Waals surface area contributed by atoms with Crippen LogP contribution in [0.4, 0.5) is 11.4 Å². The zero-order valence-corrected chi connectivity index (χ0v) is 19.8. The van der Waals surface area contributed by atoms with Gasteiger partial charge < -0.3 is 10.1 Å². The van der Waals surface area contributed by atoms with E-state index in [-0.39, 0.29) is 17.7 Å². The Morgan fingerprint density at radius 1 is 0.972 bits per heavy atom. The Bertz CT molecular complexity index is 1190. The number of benzene rings is 2. The number of hydrogen-bond donors (Lipinski definition) is 1. The number of carbonyl (C=O) groups is 3. The van der Waals surface area contributed by atoms with Crippen LogP contribution in [0.3, 0.4) is 0 Å². The number of fused-ring (bicyclic) bond motifs is 2. The zero-order chi connectivity index (χ0) is 25.1. The predicted molar refractivity (Wildman–Crippen MR) is 133 cm³/mol. The fourth-order valence-electron chi connectivity index (χ4n) is 5.22. The Labute approximate surface area is 209 Å². The van der Waals surface area contributed by atoms with Crippen LogP contribution in [-0.2, 0) is 14.4 Å². The van der Waals surface area contributed by atoms with Crippen LogP contribution in [-0.4, -0.2) is 72.4 Å². The van der Waals surface area contributed by atoms with Crippen LogP contribution in [0.1, 0.15) is 18.4 Å². The minimum absolute atomic E-state index is 0.0882. The lowest BCUT2D eigenvalue weighted by Crippen LogP contribution is -2.55. The van der Waals surface area contributed by atoms with E-state index in [2.05, 4.69) is 21.2 Å². The van der Waals surface area contributed by atoms with E-state index in [9.17, 15) is 14.4 Å². The standard InChI is InChI=1S/C27H27N5O4/c28-15-19-1-9-24(10-2-19)36-14-13-31-22-7-8-23(31)17-30(16-22)18-25(33)29-20-3-5-21(6-4-20)32-26(34)11-12-27(32)35/h1-6,9-12,22-23H,7-8,13-14,16-18H2,(H,29,33). The molecule has 0 saturated carbocycles. The van der Waals surface area contributed by atoms with Crippen LogP contribution >= 0.6 is 0 Å². The summed E-state index contributed by atoms with van der Waals surface area (Å²) in [5.41, 5.74) is 1.71. The van der Waals surface area contributed by atoms with Crippen molar-refractivity contribution in [2.75, 3.05) is 43.0 Å². The van der Waals surface area contributed by atoms with Crippen LogP contribution in [0, 0.1) is 11.3 Å². The van der Waals surface area contributed by atoms with Gasteiger partial charge in [0.05, 0.1) is 23.9 Å². The molecule has 3 amide bonds. The molecule has 0 radical (unpaired) electrons. The first kappa shape index (κ1) is 23.7. The number of nitrogens with zero attached hydrogens (tertiary/aromatic N) is 4. The molecule has 9 heteroatoms. The number of likely N-dealkylation sites (tertiary alicyclic amines) is 1. The van der Waals surface area contributed by atoms with E-state index >= 15 is 0 Å². The quantitative estimate of drug-likeness (QED) is 0.571. The number of hydrogen-bond acceptors (Lipinski definition) is 7. The van der Waals surface area contributed by atoms with E-state index < -0.39 is 0 Å². The second kappa shape index (κ2) is 10.3. The third-order valence-corrected chi connectivity index (χ3v) is 6.90. The van der Waals surface area contributed by atoms with E-state index in [0.717, 1.165) is 43.1 Å². The molecule has 184 valence electrons. The first-order valence-corrected chi connectivity index (χ1v) is 12.1. The van der Waals surface area contributed by atoms with Gasteiger partial charge >= 0.3 is 0 Å². The molecule has 1 N–H and O–H groups in total. The summed E-state index contributed by atoms with van der Waals surface area (Å²) in [5, 5.41) is 11.8. The average molecular weight is 486 g/mol. The Hall–Kier alpha value is -4.00. The second-order valence-corrected chi connectivity index (χ2v) is 9.24. The maximum atomic E-state index is 12.7. The number of amides is 3. The summed E-state index contributed by atoms with van der Waals surface area (Å²) < 4.78 is 5.87. The van der Waals surface area contributed by atoms with Crippen molar-refractivity contribution in [2.24, 2.45) is 0 Å². The van der Waals surface area contributed by atoms with Crippen LogP contribution < -0.4 is 15.0 Å². The molecule has 3 heterocycles. The van der Waals surface area contributed by atoms with Crippen molar-refractivity contribution in [2.45, 2.75) is 24.9 Å². The molecule has 36 heavy (non-hydrogen) atoms. The molecule has 2 atom stereocenters. The van der Waals surface area contributed by atoms with Crippen molar-refractivity contribution in [1.29, 1.82) is 5.26 Å². The highest BCUT2D eigenvalue weighted by molar-refractivity contribution is 6.28. The summed E-state index contributed by atoms with van der Waals surface area (Å²) in [6, 6.07) is 16.8. The van der Waals surface area contributed by atoms with Crippen LogP contribution in [0.25, 0.3) is 0 Å². The summed E-state index contributed by atoms with van der Waals surface area (Å²) in [6.45, 7) is 3.41. The fourth-order valence-corrected chi connectivity index (χ4v) is 5.22. The monoisotopic (exact) mass is 485 g/mol. The number of carbonyl (C=O) groups excluding carboxylic acids is 3. The normalized spacial score (nSPS) is 21.6. The van der Waals surface area contributed by atoms with Gasteiger partial charge in [-0.05, 0) is 61.4 Å². The van der Waals surface area contributed by atoms with E-state index in [4.69, 9.17) is 10.00 Å². The average Bonchev–Trinajstić information content (AvgIpc) is 3.33. The predicted octanol–water partition coefficient (Wildman–Crippen LogP) is 2.15. The van der Waals surface area contributed by atoms with Gasteiger partial charge in [-0.3, -0.25) is 24.2 Å². The van der Waals surface area contributed by atoms with Crippen LogP contribution in [0.5, 0.6) is 5.75 Å². The number of piperazine rings is 1. The molecule has 0 spiro atoms. The molecule has 2 unspecified atom stereocenters. The maximum Gasteiger partial charge on any atom is 0.258 e. The van der Waals surface area contributed by atoms with Gasteiger partial charge in [0.1, 0.15) is 12.4 Å². The van der Waals surface area contributed by atoms with E-state index in [0.29, 0.717) is 42.2 Å². The lowest BCUT2D eigenvalue weighted by atomic mass is 10.2. The number of anilines is 2. The lowest BCUT2D eigenvalue weighted by molar-refractivity contribution is -0.120. The molecule has 9 nitrogen and oxygen atoms in total. The number of nitrogens with one attached hydrogen (secondary N) is 1. The summed E-state index contributed by atoms with van der Waals surface area (Å²) in [7, 11) is 0. The number of ether oxygens (including phenoxy) is 1. The highest BCUT2D eigenvalue weighted by Crippen LogP contribution is 2.30. The highest BCUT2D eigenvalue weighted by Gasteiger charge is 2.39. The van der Waals surface area contributed by atoms with E-state index in [1.165, 1.54) is 12.2 Å². The smallest absolute Gasteiger partial charge is 0.258 e. The molecule has 5 rings (SSSR count). The van der Waals surface area contributed by atoms with Crippen molar-refractivity contribution in [3.8, 4) is 11.8 Å². The molecular formula is C27H27N5O4.